The van der Waals surface area contributed by atoms with Gasteiger partial charge in [0.15, 0.2) is 0 Å². The van der Waals surface area contributed by atoms with Crippen molar-refractivity contribution in [3.05, 3.63) is 18.5 Å². The molecule has 1 aromatic rings. The van der Waals surface area contributed by atoms with E-state index in [2.05, 4.69) is 29.0 Å². The quantitative estimate of drug-likeness (QED) is 0.570. The molecular weight excluding hydrogens is 264 g/mol. The van der Waals surface area contributed by atoms with Crippen LogP contribution in [0.25, 0.3) is 0 Å². The third-order valence-corrected chi connectivity index (χ3v) is 5.28. The Morgan fingerprint density at radius 2 is 2.21 bits per heavy atom. The molecule has 2 rings (SSSR count). The predicted octanol–water partition coefficient (Wildman–Crippen LogP) is 1.22. The number of nitrogens with two attached hydrogens (primary N) is 1. The Kier molecular flexibility index (Phi) is 3.80. The van der Waals surface area contributed by atoms with Crippen LogP contribution in [0.1, 0.15) is 33.1 Å². The molecule has 1 aromatic heterocycles. The smallest absolute Gasteiger partial charge is 0.244 e. The van der Waals surface area contributed by atoms with Gasteiger partial charge in [0.2, 0.25) is 10.0 Å². The fraction of sp³-hybridized carbons (Fsp3) is 0.583. The highest BCUT2D eigenvalue weighted by Gasteiger charge is 2.37. The molecule has 19 heavy (non-hydrogen) atoms. The standard InChI is InChI=1S/C12H20N4O2S/c1-12(2)6-3-4-11(12)16-19(17,18)10-8-14-7-5-9(10)15-13/h5,7-8,11,16H,3-4,6,13H2,1-2H3,(H,14,15). The lowest BCUT2D eigenvalue weighted by Crippen LogP contribution is -2.41. The van der Waals surface area contributed by atoms with Crippen LogP contribution in [0, 0.1) is 5.41 Å². The second kappa shape index (κ2) is 5.07. The van der Waals surface area contributed by atoms with Crippen LogP contribution in [0.4, 0.5) is 5.69 Å². The molecule has 0 radical (unpaired) electrons. The maximum absolute atomic E-state index is 12.4. The largest absolute Gasteiger partial charge is 0.323 e. The van der Waals surface area contributed by atoms with Gasteiger partial charge >= 0.3 is 0 Å². The molecule has 1 aliphatic rings. The Hall–Kier alpha value is -1.18. The van der Waals surface area contributed by atoms with E-state index in [4.69, 9.17) is 5.84 Å². The Morgan fingerprint density at radius 1 is 1.47 bits per heavy atom. The SMILES string of the molecule is CC1(C)CCCC1NS(=O)(=O)c1cnccc1NN. The molecule has 4 N–H and O–H groups in total. The first-order valence-corrected chi connectivity index (χ1v) is 7.78. The van der Waals surface area contributed by atoms with Crippen LogP contribution in [0.5, 0.6) is 0 Å². The minimum Gasteiger partial charge on any atom is -0.323 e. The normalized spacial score (nSPS) is 22.4. The third-order valence-electron chi connectivity index (χ3n) is 3.78. The van der Waals surface area contributed by atoms with Crippen molar-refractivity contribution in [2.24, 2.45) is 11.3 Å². The second-order valence-electron chi connectivity index (χ2n) is 5.57. The van der Waals surface area contributed by atoms with E-state index in [-0.39, 0.29) is 16.4 Å². The summed E-state index contributed by atoms with van der Waals surface area (Å²) in [7, 11) is -3.61. The number of nitrogen functional groups attached to an aromatic ring is 1. The molecule has 0 bridgehead atoms. The van der Waals surface area contributed by atoms with Gasteiger partial charge in [0.25, 0.3) is 0 Å². The van der Waals surface area contributed by atoms with Gasteiger partial charge in [0.05, 0.1) is 5.69 Å². The Morgan fingerprint density at radius 3 is 2.79 bits per heavy atom. The van der Waals surface area contributed by atoms with Gasteiger partial charge < -0.3 is 5.43 Å². The summed E-state index contributed by atoms with van der Waals surface area (Å²) in [6, 6.07) is 1.48. The van der Waals surface area contributed by atoms with E-state index >= 15 is 0 Å². The van der Waals surface area contributed by atoms with E-state index in [1.165, 1.54) is 18.5 Å². The second-order valence-corrected chi connectivity index (χ2v) is 7.25. The molecule has 0 aliphatic heterocycles. The minimum absolute atomic E-state index is 0.0222. The van der Waals surface area contributed by atoms with Crippen LogP contribution < -0.4 is 16.0 Å². The first-order valence-electron chi connectivity index (χ1n) is 6.30. The highest BCUT2D eigenvalue weighted by Crippen LogP contribution is 2.38. The van der Waals surface area contributed by atoms with E-state index in [0.717, 1.165) is 19.3 Å². The van der Waals surface area contributed by atoms with Crippen molar-refractivity contribution in [3.8, 4) is 0 Å². The summed E-state index contributed by atoms with van der Waals surface area (Å²) in [6.45, 7) is 4.16. The van der Waals surface area contributed by atoms with Gasteiger partial charge in [-0.1, -0.05) is 20.3 Å². The van der Waals surface area contributed by atoms with Gasteiger partial charge in [-0.2, -0.15) is 0 Å². The number of hydrazine groups is 1. The first-order chi connectivity index (χ1) is 8.87. The molecule has 0 aromatic carbocycles. The lowest BCUT2D eigenvalue weighted by molar-refractivity contribution is 0.313. The number of aromatic nitrogens is 1. The van der Waals surface area contributed by atoms with Crippen LogP contribution in [0.2, 0.25) is 0 Å². The highest BCUT2D eigenvalue weighted by molar-refractivity contribution is 7.89. The zero-order valence-corrected chi connectivity index (χ0v) is 12.0. The molecular formula is C12H20N4O2S. The average Bonchev–Trinajstić information content (AvgIpc) is 2.68. The summed E-state index contributed by atoms with van der Waals surface area (Å²) in [5.41, 5.74) is 2.71. The monoisotopic (exact) mass is 284 g/mol. The van der Waals surface area contributed by atoms with Crippen molar-refractivity contribution >= 4 is 15.7 Å². The summed E-state index contributed by atoms with van der Waals surface area (Å²) < 4.78 is 27.6. The minimum atomic E-state index is -3.61. The number of sulfonamides is 1. The molecule has 1 aliphatic carbocycles. The molecule has 0 amide bonds. The molecule has 6 nitrogen and oxygen atoms in total. The molecule has 1 atom stereocenters. The zero-order chi connectivity index (χ0) is 14.1. The molecule has 1 heterocycles. The van der Waals surface area contributed by atoms with Crippen LogP contribution in [-0.2, 0) is 10.0 Å². The van der Waals surface area contributed by atoms with Gasteiger partial charge in [-0.25, -0.2) is 13.1 Å². The Balaban J connectivity index is 2.28. The van der Waals surface area contributed by atoms with Crippen molar-refractivity contribution in [2.75, 3.05) is 5.43 Å². The number of anilines is 1. The molecule has 0 saturated heterocycles. The van der Waals surface area contributed by atoms with E-state index < -0.39 is 10.0 Å². The Bertz CT molecular complexity index is 557. The summed E-state index contributed by atoms with van der Waals surface area (Å²) in [5.74, 6) is 5.34. The highest BCUT2D eigenvalue weighted by atomic mass is 32.2. The van der Waals surface area contributed by atoms with Crippen molar-refractivity contribution in [3.63, 3.8) is 0 Å². The molecule has 1 saturated carbocycles. The number of nitrogens with one attached hydrogen (secondary N) is 2. The molecule has 0 spiro atoms. The van der Waals surface area contributed by atoms with Gasteiger partial charge in [-0.3, -0.25) is 10.8 Å². The number of rotatable bonds is 4. The molecule has 1 unspecified atom stereocenters. The van der Waals surface area contributed by atoms with Crippen LogP contribution in [0.15, 0.2) is 23.4 Å². The summed E-state index contributed by atoms with van der Waals surface area (Å²) in [5, 5.41) is 0. The number of hydrogen-bond acceptors (Lipinski definition) is 5. The lowest BCUT2D eigenvalue weighted by Gasteiger charge is -2.27. The predicted molar refractivity (Wildman–Crippen MR) is 73.8 cm³/mol. The van der Waals surface area contributed by atoms with Crippen molar-refractivity contribution in [2.45, 2.75) is 44.0 Å². The summed E-state index contributed by atoms with van der Waals surface area (Å²) in [4.78, 5) is 3.94. The number of pyridine rings is 1. The van der Waals surface area contributed by atoms with E-state index in [1.807, 2.05) is 0 Å². The van der Waals surface area contributed by atoms with E-state index in [1.54, 1.807) is 0 Å². The lowest BCUT2D eigenvalue weighted by atomic mass is 9.88. The summed E-state index contributed by atoms with van der Waals surface area (Å²) in [6.07, 6.45) is 5.72. The average molecular weight is 284 g/mol. The first kappa shape index (κ1) is 14.2. The van der Waals surface area contributed by atoms with Crippen LogP contribution in [0.3, 0.4) is 0 Å². The van der Waals surface area contributed by atoms with E-state index in [9.17, 15) is 8.42 Å². The summed E-state index contributed by atoms with van der Waals surface area (Å²) >= 11 is 0. The van der Waals surface area contributed by atoms with Crippen molar-refractivity contribution in [1.29, 1.82) is 0 Å². The molecule has 1 fully saturated rings. The van der Waals surface area contributed by atoms with E-state index in [0.29, 0.717) is 5.69 Å². The topological polar surface area (TPSA) is 97.1 Å². The fourth-order valence-electron chi connectivity index (χ4n) is 2.51. The van der Waals surface area contributed by atoms with Crippen LogP contribution in [-0.4, -0.2) is 19.4 Å². The van der Waals surface area contributed by atoms with Gasteiger partial charge in [0.1, 0.15) is 4.90 Å². The van der Waals surface area contributed by atoms with Crippen LogP contribution >= 0.6 is 0 Å². The molecule has 106 valence electrons. The number of hydrogen-bond donors (Lipinski definition) is 3. The number of nitrogens with zero attached hydrogens (tertiary/aromatic N) is 1. The third kappa shape index (κ3) is 2.88. The fourth-order valence-corrected chi connectivity index (χ4v) is 4.06. The van der Waals surface area contributed by atoms with Gasteiger partial charge in [-0.05, 0) is 24.3 Å². The van der Waals surface area contributed by atoms with Crippen molar-refractivity contribution < 1.29 is 8.42 Å². The zero-order valence-electron chi connectivity index (χ0n) is 11.2. The molecule has 7 heteroatoms. The maximum Gasteiger partial charge on any atom is 0.244 e. The van der Waals surface area contributed by atoms with Gasteiger partial charge in [0, 0.05) is 18.4 Å². The maximum atomic E-state index is 12.4. The Labute approximate surface area is 113 Å². The van der Waals surface area contributed by atoms with Gasteiger partial charge in [-0.15, -0.1) is 0 Å². The van der Waals surface area contributed by atoms with Crippen molar-refractivity contribution in [1.82, 2.24) is 9.71 Å².